The molecule has 2 aromatic carbocycles. The second-order valence-corrected chi connectivity index (χ2v) is 6.25. The van der Waals surface area contributed by atoms with Crippen LogP contribution >= 0.6 is 0 Å². The first-order valence-corrected chi connectivity index (χ1v) is 8.33. The Balaban J connectivity index is 2.04. The number of rotatable bonds is 2. The largest absolute Gasteiger partial charge is 0.507 e. The molecular weight excluding hydrogens is 352 g/mol. The Morgan fingerprint density at radius 2 is 1.81 bits per heavy atom. The summed E-state index contributed by atoms with van der Waals surface area (Å²) in [5, 5.41) is 39.6. The van der Waals surface area contributed by atoms with Gasteiger partial charge in [-0.15, -0.1) is 0 Å². The molecule has 4 rings (SSSR count). The number of phenolic OH excluding ortho intramolecular Hbond substituents is 3. The normalized spacial score (nSPS) is 15.5. The molecule has 27 heavy (non-hydrogen) atoms. The maximum Gasteiger partial charge on any atom is 0.238 e. The van der Waals surface area contributed by atoms with Crippen LogP contribution in [0.1, 0.15) is 18.9 Å². The first kappa shape index (κ1) is 16.8. The van der Waals surface area contributed by atoms with Crippen molar-refractivity contribution < 1.29 is 29.6 Å². The van der Waals surface area contributed by atoms with Gasteiger partial charge < -0.3 is 29.6 Å². The molecule has 1 unspecified atom stereocenters. The zero-order valence-electron chi connectivity index (χ0n) is 14.3. The van der Waals surface area contributed by atoms with E-state index >= 15 is 0 Å². The van der Waals surface area contributed by atoms with E-state index in [9.17, 15) is 25.2 Å². The summed E-state index contributed by atoms with van der Waals surface area (Å²) in [6, 6.07) is 5.08. The van der Waals surface area contributed by atoms with Crippen molar-refractivity contribution >= 4 is 17.0 Å². The minimum atomic E-state index is -0.815. The molecule has 2 heterocycles. The Kier molecular flexibility index (Phi) is 3.73. The number of hydrogen-bond donors (Lipinski definition) is 4. The van der Waals surface area contributed by atoms with E-state index in [4.69, 9.17) is 9.15 Å². The van der Waals surface area contributed by atoms with Crippen LogP contribution in [-0.4, -0.2) is 26.5 Å². The zero-order valence-corrected chi connectivity index (χ0v) is 14.3. The zero-order chi connectivity index (χ0) is 19.3. The van der Waals surface area contributed by atoms with E-state index in [1.165, 1.54) is 18.2 Å². The second-order valence-electron chi connectivity index (χ2n) is 6.25. The molecule has 138 valence electrons. The minimum absolute atomic E-state index is 0.0566. The van der Waals surface area contributed by atoms with Crippen LogP contribution in [0.2, 0.25) is 0 Å². The van der Waals surface area contributed by atoms with Crippen molar-refractivity contribution in [3.05, 3.63) is 46.1 Å². The van der Waals surface area contributed by atoms with E-state index in [0.717, 1.165) is 12.5 Å². The summed E-state index contributed by atoms with van der Waals surface area (Å²) in [5.41, 5.74) is -0.105. The van der Waals surface area contributed by atoms with E-state index in [0.29, 0.717) is 11.3 Å². The lowest BCUT2D eigenvalue weighted by Crippen LogP contribution is -2.16. The highest BCUT2D eigenvalue weighted by atomic mass is 16.5. The van der Waals surface area contributed by atoms with Crippen LogP contribution in [0.3, 0.4) is 0 Å². The molecule has 0 fully saturated rings. The van der Waals surface area contributed by atoms with Gasteiger partial charge >= 0.3 is 0 Å². The smallest absolute Gasteiger partial charge is 0.238 e. The molecule has 4 N–H and O–H groups in total. The average molecular weight is 368 g/mol. The summed E-state index contributed by atoms with van der Waals surface area (Å²) in [5.74, 6) is -1.68. The van der Waals surface area contributed by atoms with E-state index in [1.807, 2.05) is 13.0 Å². The maximum absolute atomic E-state index is 12.7. The Bertz CT molecular complexity index is 1160. The van der Waals surface area contributed by atoms with Crippen molar-refractivity contribution in [3.8, 4) is 40.1 Å². The molecule has 0 saturated heterocycles. The lowest BCUT2D eigenvalue weighted by Gasteiger charge is -2.21. The lowest BCUT2D eigenvalue weighted by molar-refractivity contribution is 0.240. The van der Waals surface area contributed by atoms with Crippen molar-refractivity contribution in [3.63, 3.8) is 0 Å². The third-order valence-electron chi connectivity index (χ3n) is 4.52. The highest BCUT2D eigenvalue weighted by Gasteiger charge is 2.25. The summed E-state index contributed by atoms with van der Waals surface area (Å²) >= 11 is 0. The third-order valence-corrected chi connectivity index (χ3v) is 4.52. The molecule has 0 saturated carbocycles. The summed E-state index contributed by atoms with van der Waals surface area (Å²) in [6.45, 7) is 1.95. The second kappa shape index (κ2) is 5.98. The number of benzene rings is 2. The molecule has 0 spiro atoms. The van der Waals surface area contributed by atoms with Crippen LogP contribution in [0.15, 0.2) is 39.6 Å². The number of fused-ring (bicyclic) bond motifs is 3. The predicted octanol–water partition coefficient (Wildman–Crippen LogP) is 3.47. The van der Waals surface area contributed by atoms with Gasteiger partial charge in [-0.25, -0.2) is 0 Å². The van der Waals surface area contributed by atoms with Gasteiger partial charge in [-0.3, -0.25) is 4.79 Å². The molecule has 3 aromatic rings. The van der Waals surface area contributed by atoms with Gasteiger partial charge in [0.2, 0.25) is 11.2 Å². The van der Waals surface area contributed by atoms with Gasteiger partial charge in [0.15, 0.2) is 22.8 Å². The van der Waals surface area contributed by atoms with Crippen molar-refractivity contribution in [2.45, 2.75) is 19.4 Å². The summed E-state index contributed by atoms with van der Waals surface area (Å²) in [4.78, 5) is 12.7. The van der Waals surface area contributed by atoms with Crippen LogP contribution in [0.25, 0.3) is 28.4 Å². The molecule has 1 atom stereocenters. The number of ether oxygens (including phenoxy) is 1. The molecule has 1 aliphatic rings. The molecule has 7 heteroatoms. The first-order valence-electron chi connectivity index (χ1n) is 8.33. The van der Waals surface area contributed by atoms with Crippen LogP contribution in [0.5, 0.6) is 28.7 Å². The van der Waals surface area contributed by atoms with Crippen molar-refractivity contribution in [1.82, 2.24) is 0 Å². The van der Waals surface area contributed by atoms with E-state index in [-0.39, 0.29) is 39.9 Å². The average Bonchev–Trinajstić information content (AvgIpc) is 2.65. The SMILES string of the molecule is CCC1C=Cc2c(cc(O)c3c(=O)c(O)c(-c4ccc(O)c(O)c4)oc23)O1. The Morgan fingerprint density at radius 3 is 2.52 bits per heavy atom. The van der Waals surface area contributed by atoms with E-state index in [1.54, 1.807) is 6.08 Å². The molecule has 0 radical (unpaired) electrons. The van der Waals surface area contributed by atoms with Gasteiger partial charge in [-0.2, -0.15) is 0 Å². The van der Waals surface area contributed by atoms with Crippen molar-refractivity contribution in [1.29, 1.82) is 0 Å². The summed E-state index contributed by atoms with van der Waals surface area (Å²) in [7, 11) is 0. The van der Waals surface area contributed by atoms with Crippen molar-refractivity contribution in [2.75, 3.05) is 0 Å². The van der Waals surface area contributed by atoms with E-state index < -0.39 is 16.9 Å². The highest BCUT2D eigenvalue weighted by Crippen LogP contribution is 2.42. The monoisotopic (exact) mass is 368 g/mol. The first-order chi connectivity index (χ1) is 12.9. The Morgan fingerprint density at radius 1 is 1.04 bits per heavy atom. The maximum atomic E-state index is 12.7. The number of aromatic hydroxyl groups is 4. The molecular formula is C20H16O7. The fraction of sp³-hybridized carbons (Fsp3) is 0.150. The fourth-order valence-electron chi connectivity index (χ4n) is 3.08. The van der Waals surface area contributed by atoms with Crippen molar-refractivity contribution in [2.24, 2.45) is 0 Å². The number of phenols is 3. The summed E-state index contributed by atoms with van der Waals surface area (Å²) in [6.07, 6.45) is 4.13. The molecule has 1 aromatic heterocycles. The Hall–Kier alpha value is -3.61. The minimum Gasteiger partial charge on any atom is -0.507 e. The van der Waals surface area contributed by atoms with Crippen LogP contribution < -0.4 is 10.2 Å². The summed E-state index contributed by atoms with van der Waals surface area (Å²) < 4.78 is 11.5. The van der Waals surface area contributed by atoms with Gasteiger partial charge in [0.05, 0.1) is 5.56 Å². The predicted molar refractivity (Wildman–Crippen MR) is 98.3 cm³/mol. The quantitative estimate of drug-likeness (QED) is 0.511. The fourth-order valence-corrected chi connectivity index (χ4v) is 3.08. The third kappa shape index (κ3) is 2.55. The molecule has 0 aliphatic carbocycles. The van der Waals surface area contributed by atoms with Gasteiger partial charge in [-0.1, -0.05) is 6.92 Å². The topological polar surface area (TPSA) is 120 Å². The van der Waals surface area contributed by atoms with Gasteiger partial charge in [0.1, 0.15) is 23.0 Å². The van der Waals surface area contributed by atoms with Crippen LogP contribution in [0.4, 0.5) is 0 Å². The van der Waals surface area contributed by atoms with Gasteiger partial charge in [0, 0.05) is 11.6 Å². The number of hydrogen-bond acceptors (Lipinski definition) is 7. The van der Waals surface area contributed by atoms with Gasteiger partial charge in [-0.05, 0) is 36.8 Å². The molecule has 1 aliphatic heterocycles. The van der Waals surface area contributed by atoms with Crippen LogP contribution in [-0.2, 0) is 0 Å². The van der Waals surface area contributed by atoms with Gasteiger partial charge in [0.25, 0.3) is 0 Å². The molecule has 0 bridgehead atoms. The van der Waals surface area contributed by atoms with E-state index in [2.05, 4.69) is 0 Å². The Labute approximate surface area is 153 Å². The molecule has 0 amide bonds. The highest BCUT2D eigenvalue weighted by molar-refractivity contribution is 5.95. The standard InChI is InChI=1S/C20H16O7/c1-2-10-4-5-11-15(26-10)8-14(23)16-17(24)18(25)19(27-20(11)16)9-3-6-12(21)13(22)7-9/h3-8,10,21-23,25H,2H2,1H3. The lowest BCUT2D eigenvalue weighted by atomic mass is 10.0. The molecule has 7 nitrogen and oxygen atoms in total. The van der Waals surface area contributed by atoms with Crippen LogP contribution in [0, 0.1) is 0 Å².